The highest BCUT2D eigenvalue weighted by atomic mass is 16.3. The van der Waals surface area contributed by atoms with E-state index < -0.39 is 0 Å². The van der Waals surface area contributed by atoms with Crippen molar-refractivity contribution >= 4 is 5.69 Å². The van der Waals surface area contributed by atoms with E-state index in [-0.39, 0.29) is 0 Å². The molecule has 0 aromatic heterocycles. The second-order valence-electron chi connectivity index (χ2n) is 4.34. The van der Waals surface area contributed by atoms with Crippen molar-refractivity contribution in [2.75, 3.05) is 31.2 Å². The Morgan fingerprint density at radius 2 is 1.81 bits per heavy atom. The molecule has 0 saturated carbocycles. The maximum atomic E-state index is 9.27. The van der Waals surface area contributed by atoms with Crippen LogP contribution in [0.3, 0.4) is 0 Å². The number of anilines is 1. The molecule has 3 nitrogen and oxygen atoms in total. The van der Waals surface area contributed by atoms with Crippen LogP contribution in [0.5, 0.6) is 5.75 Å². The van der Waals surface area contributed by atoms with E-state index in [0.29, 0.717) is 5.75 Å². The molecule has 1 saturated heterocycles. The van der Waals surface area contributed by atoms with E-state index in [2.05, 4.69) is 16.7 Å². The third-order valence-corrected chi connectivity index (χ3v) is 3.17. The molecule has 1 heterocycles. The van der Waals surface area contributed by atoms with Crippen LogP contribution in [0.15, 0.2) is 24.3 Å². The molecule has 2 rings (SSSR count). The summed E-state index contributed by atoms with van der Waals surface area (Å²) < 4.78 is 0. The Labute approximate surface area is 97.3 Å². The quantitative estimate of drug-likeness (QED) is 0.843. The van der Waals surface area contributed by atoms with Crippen LogP contribution in [-0.2, 0) is 0 Å². The third-order valence-electron chi connectivity index (χ3n) is 3.17. The summed E-state index contributed by atoms with van der Waals surface area (Å²) in [5, 5.41) is 9.27. The number of nitrogens with zero attached hydrogens (tertiary/aromatic N) is 2. The van der Waals surface area contributed by atoms with Crippen molar-refractivity contribution in [3.05, 3.63) is 24.3 Å². The van der Waals surface area contributed by atoms with Gasteiger partial charge in [-0.05, 0) is 57.1 Å². The van der Waals surface area contributed by atoms with Gasteiger partial charge < -0.3 is 10.0 Å². The van der Waals surface area contributed by atoms with Crippen molar-refractivity contribution in [1.82, 2.24) is 4.90 Å². The minimum atomic E-state index is 0.334. The predicted molar refractivity (Wildman–Crippen MR) is 66.8 cm³/mol. The zero-order valence-electron chi connectivity index (χ0n) is 9.89. The summed E-state index contributed by atoms with van der Waals surface area (Å²) >= 11 is 0. The predicted octanol–water partition coefficient (Wildman–Crippen LogP) is 2.27. The number of hydrogen-bond acceptors (Lipinski definition) is 3. The molecule has 0 bridgehead atoms. The second kappa shape index (κ2) is 5.21. The molecule has 1 aromatic carbocycles. The molecule has 0 aliphatic carbocycles. The van der Waals surface area contributed by atoms with Gasteiger partial charge in [0.25, 0.3) is 0 Å². The van der Waals surface area contributed by atoms with Crippen LogP contribution in [0.1, 0.15) is 19.8 Å². The lowest BCUT2D eigenvalue weighted by Gasteiger charge is -2.28. The zero-order chi connectivity index (χ0) is 11.4. The van der Waals surface area contributed by atoms with Crippen molar-refractivity contribution in [3.8, 4) is 5.75 Å². The van der Waals surface area contributed by atoms with Crippen LogP contribution in [-0.4, -0.2) is 36.3 Å². The molecule has 0 unspecified atom stereocenters. The van der Waals surface area contributed by atoms with E-state index >= 15 is 0 Å². The molecule has 0 atom stereocenters. The van der Waals surface area contributed by atoms with E-state index in [0.717, 1.165) is 13.2 Å². The van der Waals surface area contributed by atoms with Crippen LogP contribution in [0.25, 0.3) is 0 Å². The van der Waals surface area contributed by atoms with Crippen LogP contribution in [0, 0.1) is 0 Å². The summed E-state index contributed by atoms with van der Waals surface area (Å²) in [4.78, 5) is 4.82. The van der Waals surface area contributed by atoms with E-state index in [1.54, 1.807) is 12.1 Å². The first-order chi connectivity index (χ1) is 7.79. The molecule has 16 heavy (non-hydrogen) atoms. The van der Waals surface area contributed by atoms with Crippen molar-refractivity contribution in [1.29, 1.82) is 0 Å². The van der Waals surface area contributed by atoms with Crippen LogP contribution in [0.2, 0.25) is 0 Å². The first-order valence-corrected chi connectivity index (χ1v) is 6.06. The summed E-state index contributed by atoms with van der Waals surface area (Å²) in [5.74, 6) is 0.334. The summed E-state index contributed by atoms with van der Waals surface area (Å²) in [7, 11) is 0. The highest BCUT2D eigenvalue weighted by Crippen LogP contribution is 2.19. The monoisotopic (exact) mass is 220 g/mol. The van der Waals surface area contributed by atoms with Gasteiger partial charge in [0.15, 0.2) is 0 Å². The number of hydrogen-bond donors (Lipinski definition) is 1. The summed E-state index contributed by atoms with van der Waals surface area (Å²) in [6.07, 6.45) is 2.65. The maximum absolute atomic E-state index is 9.27. The number of phenols is 1. The lowest BCUT2D eigenvalue weighted by Crippen LogP contribution is -2.36. The molecular weight excluding hydrogens is 200 g/mol. The lowest BCUT2D eigenvalue weighted by molar-refractivity contribution is 0.337. The van der Waals surface area contributed by atoms with Gasteiger partial charge in [0.1, 0.15) is 5.75 Å². The Balaban J connectivity index is 2.00. The van der Waals surface area contributed by atoms with Gasteiger partial charge in [-0.15, -0.1) is 0 Å². The summed E-state index contributed by atoms with van der Waals surface area (Å²) in [6, 6.07) is 7.47. The van der Waals surface area contributed by atoms with Crippen molar-refractivity contribution in [2.45, 2.75) is 19.8 Å². The standard InChI is InChI=1S/C13H20N2O/c1-2-15(11-14-9-3-4-10-14)12-5-7-13(16)8-6-12/h5-8,16H,2-4,9-11H2,1H3. The van der Waals surface area contributed by atoms with Gasteiger partial charge in [0.2, 0.25) is 0 Å². The zero-order valence-corrected chi connectivity index (χ0v) is 9.89. The number of likely N-dealkylation sites (tertiary alicyclic amines) is 1. The first kappa shape index (κ1) is 11.3. The molecule has 1 aromatic rings. The van der Waals surface area contributed by atoms with Gasteiger partial charge in [-0.25, -0.2) is 0 Å². The van der Waals surface area contributed by atoms with E-state index in [9.17, 15) is 5.11 Å². The fourth-order valence-corrected chi connectivity index (χ4v) is 2.19. The Hall–Kier alpha value is -1.22. The Kier molecular flexibility index (Phi) is 3.67. The van der Waals surface area contributed by atoms with Crippen LogP contribution in [0.4, 0.5) is 5.69 Å². The largest absolute Gasteiger partial charge is 0.508 e. The Bertz CT molecular complexity index is 317. The fraction of sp³-hybridized carbons (Fsp3) is 0.538. The van der Waals surface area contributed by atoms with Gasteiger partial charge in [-0.1, -0.05) is 0 Å². The SMILES string of the molecule is CCN(CN1CCCC1)c1ccc(O)cc1. The molecule has 1 N–H and O–H groups in total. The molecule has 1 aliphatic heterocycles. The van der Waals surface area contributed by atoms with Gasteiger partial charge in [-0.2, -0.15) is 0 Å². The average molecular weight is 220 g/mol. The van der Waals surface area contributed by atoms with Crippen molar-refractivity contribution < 1.29 is 5.11 Å². The highest BCUT2D eigenvalue weighted by Gasteiger charge is 2.14. The summed E-state index contributed by atoms with van der Waals surface area (Å²) in [6.45, 7) is 6.61. The normalized spacial score (nSPS) is 16.6. The first-order valence-electron chi connectivity index (χ1n) is 6.06. The molecule has 0 amide bonds. The number of aromatic hydroxyl groups is 1. The van der Waals surface area contributed by atoms with Crippen molar-refractivity contribution in [3.63, 3.8) is 0 Å². The van der Waals surface area contributed by atoms with Gasteiger partial charge in [0.05, 0.1) is 6.67 Å². The number of phenolic OH excluding ortho intramolecular Hbond substituents is 1. The fourth-order valence-electron chi connectivity index (χ4n) is 2.19. The third kappa shape index (κ3) is 2.67. The van der Waals surface area contributed by atoms with E-state index in [1.807, 2.05) is 12.1 Å². The number of benzene rings is 1. The van der Waals surface area contributed by atoms with Gasteiger partial charge in [0, 0.05) is 12.2 Å². The summed E-state index contributed by atoms with van der Waals surface area (Å²) in [5.41, 5.74) is 1.19. The molecule has 3 heteroatoms. The second-order valence-corrected chi connectivity index (χ2v) is 4.34. The maximum Gasteiger partial charge on any atom is 0.115 e. The molecule has 0 radical (unpaired) electrons. The van der Waals surface area contributed by atoms with Gasteiger partial charge >= 0.3 is 0 Å². The number of rotatable bonds is 4. The van der Waals surface area contributed by atoms with Crippen LogP contribution >= 0.6 is 0 Å². The molecule has 88 valence electrons. The van der Waals surface area contributed by atoms with E-state index in [4.69, 9.17) is 0 Å². The minimum absolute atomic E-state index is 0.334. The Morgan fingerprint density at radius 3 is 2.38 bits per heavy atom. The molecular formula is C13H20N2O. The van der Waals surface area contributed by atoms with Gasteiger partial charge in [-0.3, -0.25) is 4.90 Å². The van der Waals surface area contributed by atoms with Crippen LogP contribution < -0.4 is 4.90 Å². The average Bonchev–Trinajstić information content (AvgIpc) is 2.80. The lowest BCUT2D eigenvalue weighted by atomic mass is 10.3. The topological polar surface area (TPSA) is 26.7 Å². The van der Waals surface area contributed by atoms with Crippen molar-refractivity contribution in [2.24, 2.45) is 0 Å². The van der Waals surface area contributed by atoms with E-state index in [1.165, 1.54) is 31.6 Å². The molecule has 0 spiro atoms. The molecule has 1 fully saturated rings. The highest BCUT2D eigenvalue weighted by molar-refractivity contribution is 5.48. The molecule has 1 aliphatic rings. The minimum Gasteiger partial charge on any atom is -0.508 e. The smallest absolute Gasteiger partial charge is 0.115 e. The Morgan fingerprint density at radius 1 is 1.19 bits per heavy atom.